The lowest BCUT2D eigenvalue weighted by Crippen LogP contribution is -2.31. The van der Waals surface area contributed by atoms with Crippen molar-refractivity contribution in [2.75, 3.05) is 18.0 Å². The maximum atomic E-state index is 13.0. The lowest BCUT2D eigenvalue weighted by molar-refractivity contribution is 0.200. The number of fused-ring (bicyclic) bond motifs is 2. The molecule has 5 heteroatoms. The Morgan fingerprint density at radius 3 is 2.77 bits per heavy atom. The molecule has 3 atom stereocenters. The zero-order valence-corrected chi connectivity index (χ0v) is 12.7. The van der Waals surface area contributed by atoms with Crippen LogP contribution in [0, 0.1) is 18.8 Å². The molecule has 1 aromatic carbocycles. The van der Waals surface area contributed by atoms with Crippen molar-refractivity contribution in [1.29, 1.82) is 0 Å². The number of aryl methyl sites for hydroxylation is 1. The van der Waals surface area contributed by atoms with Gasteiger partial charge >= 0.3 is 0 Å². The topological polar surface area (TPSA) is 58.4 Å². The largest absolute Gasteiger partial charge is 0.389 e. The molecule has 1 saturated heterocycles. The first-order valence-electron chi connectivity index (χ1n) is 9.17. The molecule has 2 aromatic rings. The van der Waals surface area contributed by atoms with Gasteiger partial charge in [-0.2, -0.15) is 0 Å². The SMILES string of the molecule is [2H]C([2H])([2H])n1c(N2CC3CC3C2)nc2c(C(C)O)cc(C)cc2c1=O. The average Bonchev–Trinajstić information content (AvgIpc) is 3.11. The standard InChI is InChI=1S/C17H21N3O2/c1-9-4-13(10(2)21)15-14(5-9)16(22)19(3)17(18-15)20-7-11-6-12(11)8-20/h4-5,10-12,21H,6-8H2,1-3H3/i3D3. The van der Waals surface area contributed by atoms with E-state index in [0.29, 0.717) is 22.9 Å². The Kier molecular flexibility index (Phi) is 2.23. The summed E-state index contributed by atoms with van der Waals surface area (Å²) in [7, 11) is 0. The molecule has 1 aliphatic heterocycles. The van der Waals surface area contributed by atoms with Crippen molar-refractivity contribution in [3.63, 3.8) is 0 Å². The van der Waals surface area contributed by atoms with E-state index < -0.39 is 18.6 Å². The second-order valence-corrected chi connectivity index (χ2v) is 6.64. The Labute approximate surface area is 133 Å². The summed E-state index contributed by atoms with van der Waals surface area (Å²) in [6, 6.07) is 3.44. The van der Waals surface area contributed by atoms with Crippen LogP contribution in [0.2, 0.25) is 0 Å². The van der Waals surface area contributed by atoms with Crippen molar-refractivity contribution < 1.29 is 9.22 Å². The zero-order chi connectivity index (χ0) is 18.1. The highest BCUT2D eigenvalue weighted by Crippen LogP contribution is 2.45. The van der Waals surface area contributed by atoms with E-state index in [4.69, 9.17) is 4.11 Å². The Balaban J connectivity index is 2.03. The van der Waals surface area contributed by atoms with Crippen molar-refractivity contribution in [2.45, 2.75) is 26.4 Å². The summed E-state index contributed by atoms with van der Waals surface area (Å²) in [5.74, 6) is 1.34. The van der Waals surface area contributed by atoms with E-state index in [2.05, 4.69) is 4.98 Å². The minimum Gasteiger partial charge on any atom is -0.389 e. The minimum absolute atomic E-state index is 0.190. The molecule has 2 aliphatic rings. The highest BCUT2D eigenvalue weighted by atomic mass is 16.3. The van der Waals surface area contributed by atoms with E-state index in [-0.39, 0.29) is 11.3 Å². The molecule has 1 aliphatic carbocycles. The molecule has 2 heterocycles. The molecule has 0 amide bonds. The van der Waals surface area contributed by atoms with Crippen LogP contribution in [0.5, 0.6) is 0 Å². The maximum absolute atomic E-state index is 13.0. The van der Waals surface area contributed by atoms with E-state index in [1.54, 1.807) is 19.1 Å². The quantitative estimate of drug-likeness (QED) is 0.918. The number of piperidine rings is 1. The first-order chi connectivity index (χ1) is 11.7. The van der Waals surface area contributed by atoms with Gasteiger partial charge in [-0.25, -0.2) is 4.98 Å². The minimum atomic E-state index is -2.60. The average molecular weight is 302 g/mol. The molecule has 0 radical (unpaired) electrons. The zero-order valence-electron chi connectivity index (χ0n) is 15.7. The van der Waals surface area contributed by atoms with E-state index in [0.717, 1.165) is 23.2 Å². The van der Waals surface area contributed by atoms with Crippen LogP contribution in [0.3, 0.4) is 0 Å². The van der Waals surface area contributed by atoms with Gasteiger partial charge in [0, 0.05) is 29.7 Å². The highest BCUT2D eigenvalue weighted by molar-refractivity contribution is 5.83. The second-order valence-electron chi connectivity index (χ2n) is 6.64. The summed E-state index contributed by atoms with van der Waals surface area (Å²) >= 11 is 0. The maximum Gasteiger partial charge on any atom is 0.262 e. The Hall–Kier alpha value is -1.88. The van der Waals surface area contributed by atoms with Crippen molar-refractivity contribution in [1.82, 2.24) is 9.55 Å². The third-order valence-corrected chi connectivity index (χ3v) is 4.84. The number of rotatable bonds is 2. The predicted octanol–water partition coefficient (Wildman–Crippen LogP) is 1.75. The Morgan fingerprint density at radius 1 is 1.41 bits per heavy atom. The van der Waals surface area contributed by atoms with Gasteiger partial charge in [0.05, 0.1) is 17.0 Å². The number of aromatic nitrogens is 2. The molecule has 2 fully saturated rings. The number of nitrogens with zero attached hydrogens (tertiary/aromatic N) is 3. The molecular formula is C17H21N3O2. The fourth-order valence-corrected chi connectivity index (χ4v) is 3.55. The van der Waals surface area contributed by atoms with Gasteiger partial charge < -0.3 is 10.0 Å². The lowest BCUT2D eigenvalue weighted by Gasteiger charge is -2.22. The number of hydrogen-bond donors (Lipinski definition) is 1. The van der Waals surface area contributed by atoms with Gasteiger partial charge in [-0.3, -0.25) is 9.36 Å². The normalized spacial score (nSPS) is 27.2. The van der Waals surface area contributed by atoms with E-state index >= 15 is 0 Å². The van der Waals surface area contributed by atoms with Crippen molar-refractivity contribution in [3.8, 4) is 0 Å². The van der Waals surface area contributed by atoms with Crippen LogP contribution in [0.25, 0.3) is 10.9 Å². The third kappa shape index (κ3) is 1.96. The molecule has 0 bridgehead atoms. The van der Waals surface area contributed by atoms with Crippen LogP contribution in [0.15, 0.2) is 16.9 Å². The number of aliphatic hydroxyl groups is 1. The highest BCUT2D eigenvalue weighted by Gasteiger charge is 2.46. The molecule has 4 rings (SSSR count). The summed E-state index contributed by atoms with van der Waals surface area (Å²) in [6.07, 6.45) is 0.373. The van der Waals surface area contributed by atoms with Gasteiger partial charge in [-0.15, -0.1) is 0 Å². The van der Waals surface area contributed by atoms with Crippen LogP contribution < -0.4 is 10.5 Å². The molecule has 1 saturated carbocycles. The monoisotopic (exact) mass is 302 g/mol. The third-order valence-electron chi connectivity index (χ3n) is 4.84. The number of aliphatic hydroxyl groups excluding tert-OH is 1. The summed E-state index contributed by atoms with van der Waals surface area (Å²) < 4.78 is 24.3. The summed E-state index contributed by atoms with van der Waals surface area (Å²) in [5, 5.41) is 10.3. The fourth-order valence-electron chi connectivity index (χ4n) is 3.55. The first-order valence-corrected chi connectivity index (χ1v) is 7.67. The molecule has 22 heavy (non-hydrogen) atoms. The van der Waals surface area contributed by atoms with E-state index in [1.165, 1.54) is 6.42 Å². The van der Waals surface area contributed by atoms with Gasteiger partial charge in [-0.1, -0.05) is 6.07 Å². The number of hydrogen-bond acceptors (Lipinski definition) is 4. The van der Waals surface area contributed by atoms with Crippen LogP contribution in [-0.2, 0) is 6.98 Å². The van der Waals surface area contributed by atoms with Crippen LogP contribution in [0.1, 0.15) is 34.7 Å². The van der Waals surface area contributed by atoms with Crippen LogP contribution >= 0.6 is 0 Å². The van der Waals surface area contributed by atoms with Crippen LogP contribution in [-0.4, -0.2) is 27.7 Å². The lowest BCUT2D eigenvalue weighted by atomic mass is 10.0. The van der Waals surface area contributed by atoms with E-state index in [1.807, 2.05) is 11.8 Å². The van der Waals surface area contributed by atoms with Crippen molar-refractivity contribution >= 4 is 16.9 Å². The molecule has 0 spiro atoms. The molecule has 5 nitrogen and oxygen atoms in total. The first kappa shape index (κ1) is 10.8. The van der Waals surface area contributed by atoms with E-state index in [9.17, 15) is 9.90 Å². The van der Waals surface area contributed by atoms with Crippen LogP contribution in [0.4, 0.5) is 5.95 Å². The molecular weight excluding hydrogens is 278 g/mol. The number of benzene rings is 1. The summed E-state index contributed by atoms with van der Waals surface area (Å²) in [6.45, 7) is 2.29. The Bertz CT molecular complexity index is 910. The predicted molar refractivity (Wildman–Crippen MR) is 86.2 cm³/mol. The molecule has 3 unspecified atom stereocenters. The molecule has 1 aromatic heterocycles. The van der Waals surface area contributed by atoms with Crippen molar-refractivity contribution in [3.05, 3.63) is 33.6 Å². The summed E-state index contributed by atoms with van der Waals surface area (Å²) in [4.78, 5) is 19.5. The van der Waals surface area contributed by atoms with Crippen molar-refractivity contribution in [2.24, 2.45) is 18.8 Å². The van der Waals surface area contributed by atoms with Gasteiger partial charge in [-0.05, 0) is 43.7 Å². The van der Waals surface area contributed by atoms with Gasteiger partial charge in [0.1, 0.15) is 0 Å². The van der Waals surface area contributed by atoms with Gasteiger partial charge in [0.15, 0.2) is 0 Å². The fraction of sp³-hybridized carbons (Fsp3) is 0.529. The molecule has 1 N–H and O–H groups in total. The van der Waals surface area contributed by atoms with Gasteiger partial charge in [0.25, 0.3) is 5.56 Å². The van der Waals surface area contributed by atoms with Gasteiger partial charge in [0.2, 0.25) is 5.95 Å². The number of anilines is 1. The summed E-state index contributed by atoms with van der Waals surface area (Å²) in [5.41, 5.74) is 1.15. The molecule has 116 valence electrons. The second kappa shape index (κ2) is 4.56. The Morgan fingerprint density at radius 2 is 2.14 bits per heavy atom. The smallest absolute Gasteiger partial charge is 0.262 e.